The fourth-order valence-electron chi connectivity index (χ4n) is 3.06. The second kappa shape index (κ2) is 7.76. The van der Waals surface area contributed by atoms with E-state index in [1.54, 1.807) is 0 Å². The molecule has 1 aliphatic heterocycles. The fraction of sp³-hybridized carbons (Fsp3) is 0.176. The summed E-state index contributed by atoms with van der Waals surface area (Å²) in [5, 5.41) is 11.3. The molecule has 1 atom stereocenters. The third-order valence-electron chi connectivity index (χ3n) is 4.54. The molecule has 0 bridgehead atoms. The second-order valence-electron chi connectivity index (χ2n) is 6.34. The number of nitrogens with one attached hydrogen (secondary N) is 2. The summed E-state index contributed by atoms with van der Waals surface area (Å²) in [6.07, 6.45) is 5.51. The number of hydrogen-bond donors (Lipinski definition) is 3. The third-order valence-corrected chi connectivity index (χ3v) is 6.91. The largest absolute Gasteiger partial charge is 0.501 e. The summed E-state index contributed by atoms with van der Waals surface area (Å²) in [4.78, 5) is 55.6. The van der Waals surface area contributed by atoms with Gasteiger partial charge in [-0.3, -0.25) is 0 Å². The molecule has 5 heterocycles. The molecule has 0 amide bonds. The third kappa shape index (κ3) is 3.13. The van der Waals surface area contributed by atoms with E-state index in [-0.39, 0.29) is 10.7 Å². The molecule has 5 rings (SSSR count). The molecule has 4 aromatic heterocycles. The molecule has 0 radical (unpaired) electrons. The van der Waals surface area contributed by atoms with Crippen LogP contribution in [0.15, 0.2) is 46.0 Å². The van der Waals surface area contributed by atoms with Crippen molar-refractivity contribution in [3.8, 4) is 0 Å². The predicted molar refractivity (Wildman–Crippen MR) is 110 cm³/mol. The number of H-pyrrole nitrogens is 2. The average molecular weight is 472 g/mol. The van der Waals surface area contributed by atoms with Gasteiger partial charge in [-0.2, -0.15) is 0 Å². The summed E-state index contributed by atoms with van der Waals surface area (Å²) >= 11 is 1.99. The molecule has 0 fully saturated rings. The molecule has 0 spiro atoms. The Labute approximate surface area is 186 Å². The lowest BCUT2D eigenvalue weighted by Crippen LogP contribution is -2.44. The minimum absolute atomic E-state index is 0.0636. The van der Waals surface area contributed by atoms with E-state index < -0.39 is 23.3 Å². The van der Waals surface area contributed by atoms with Crippen LogP contribution in [0.3, 0.4) is 0 Å². The van der Waals surface area contributed by atoms with Crippen LogP contribution in [0, 0.1) is 0 Å². The van der Waals surface area contributed by atoms with E-state index >= 15 is 0 Å². The molecule has 4 aromatic rings. The quantitative estimate of drug-likeness (QED) is 0.206. The van der Waals surface area contributed by atoms with Gasteiger partial charge in [-0.1, -0.05) is 23.5 Å². The van der Waals surface area contributed by atoms with Gasteiger partial charge in [-0.15, -0.1) is 0 Å². The van der Waals surface area contributed by atoms with Gasteiger partial charge in [-0.05, 0) is 0 Å². The molecule has 1 aliphatic rings. The normalized spacial score (nSPS) is 18.5. The van der Waals surface area contributed by atoms with Crippen molar-refractivity contribution in [2.75, 3.05) is 12.9 Å². The molecule has 0 saturated heterocycles. The number of aliphatic hydroxyl groups excluding tert-OH is 1. The van der Waals surface area contributed by atoms with Crippen LogP contribution in [-0.4, -0.2) is 75.4 Å². The van der Waals surface area contributed by atoms with Gasteiger partial charge in [0.05, 0.1) is 30.4 Å². The number of hydrogen-bond acceptors (Lipinski definition) is 13. The molecule has 1 unspecified atom stereocenters. The fourth-order valence-corrected chi connectivity index (χ4v) is 5.32. The number of fused-ring (bicyclic) bond motifs is 2. The molecule has 162 valence electrons. The summed E-state index contributed by atoms with van der Waals surface area (Å²) in [7, 11) is 1.16. The first-order chi connectivity index (χ1) is 15.5. The average Bonchev–Trinajstić information content (AvgIpc) is 3.53. The number of imidazole rings is 2. The minimum Gasteiger partial charge on any atom is -0.501 e. The number of aromatic nitrogens is 8. The Morgan fingerprint density at radius 1 is 1.06 bits per heavy atom. The van der Waals surface area contributed by atoms with Crippen LogP contribution in [0.2, 0.25) is 0 Å². The number of nitrogens with zero attached hydrogens (tertiary/aromatic N) is 6. The van der Waals surface area contributed by atoms with Gasteiger partial charge in [0.1, 0.15) is 33.7 Å². The molecular weight excluding hydrogens is 460 g/mol. The van der Waals surface area contributed by atoms with E-state index in [1.807, 2.05) is 0 Å². The van der Waals surface area contributed by atoms with Crippen LogP contribution in [0.25, 0.3) is 22.3 Å². The Morgan fingerprint density at radius 2 is 1.69 bits per heavy atom. The number of ether oxygens (including phenoxy) is 2. The number of cyclic esters (lactones) is 1. The van der Waals surface area contributed by atoms with Crippen LogP contribution in [0.1, 0.15) is 0 Å². The molecule has 0 aliphatic carbocycles. The van der Waals surface area contributed by atoms with Crippen molar-refractivity contribution in [3.63, 3.8) is 0 Å². The number of thioether (sulfide) groups is 2. The van der Waals surface area contributed by atoms with Crippen molar-refractivity contribution in [1.82, 2.24) is 39.9 Å². The lowest BCUT2D eigenvalue weighted by Gasteiger charge is -2.26. The molecule has 13 nitrogen and oxygen atoms in total. The number of methoxy groups -OCH3 is 1. The summed E-state index contributed by atoms with van der Waals surface area (Å²) in [5.74, 6) is -2.76. The van der Waals surface area contributed by atoms with Gasteiger partial charge < -0.3 is 24.5 Å². The maximum Gasteiger partial charge on any atom is 0.375 e. The summed E-state index contributed by atoms with van der Waals surface area (Å²) in [6, 6.07) is 0. The number of esters is 2. The van der Waals surface area contributed by atoms with Gasteiger partial charge in [0.15, 0.2) is 11.3 Å². The van der Waals surface area contributed by atoms with Crippen LogP contribution < -0.4 is 0 Å². The first-order valence-electron chi connectivity index (χ1n) is 8.88. The number of rotatable bonds is 6. The zero-order valence-corrected chi connectivity index (χ0v) is 17.7. The van der Waals surface area contributed by atoms with E-state index in [9.17, 15) is 14.7 Å². The zero-order chi connectivity index (χ0) is 22.3. The Balaban J connectivity index is 1.55. The highest BCUT2D eigenvalue weighted by Crippen LogP contribution is 2.46. The van der Waals surface area contributed by atoms with Gasteiger partial charge in [0.25, 0.3) is 5.60 Å². The standard InChI is InChI=1S/C17H12N8O5S2/c1-29-16(28)17(2-31-13-7-11(20-3-18-7)22-5-24-13)10(9(26)15(27)30-17)32-14-8-12(21-4-19-8)23-6-25-14/h3-6,26H,2H2,1H3,(H,18,20,22,24)(H,19,21,23,25). The maximum atomic E-state index is 12.9. The molecule has 32 heavy (non-hydrogen) atoms. The summed E-state index contributed by atoms with van der Waals surface area (Å²) in [6.45, 7) is 0. The topological polar surface area (TPSA) is 182 Å². The molecule has 0 aromatic carbocycles. The molecule has 0 saturated carbocycles. The van der Waals surface area contributed by atoms with Crippen molar-refractivity contribution in [2.45, 2.75) is 15.7 Å². The van der Waals surface area contributed by atoms with Crippen LogP contribution in [0.5, 0.6) is 0 Å². The van der Waals surface area contributed by atoms with Gasteiger partial charge in [-0.25, -0.2) is 39.5 Å². The zero-order valence-electron chi connectivity index (χ0n) is 16.1. The van der Waals surface area contributed by atoms with Crippen molar-refractivity contribution in [1.29, 1.82) is 0 Å². The SMILES string of the molecule is COC(=O)C1(CSc2ncnc3nc[nH]c23)OC(=O)C(O)=C1Sc1ncnc2nc[nH]c12. The van der Waals surface area contributed by atoms with E-state index in [0.717, 1.165) is 30.6 Å². The van der Waals surface area contributed by atoms with E-state index in [4.69, 9.17) is 9.47 Å². The Morgan fingerprint density at radius 3 is 2.34 bits per heavy atom. The lowest BCUT2D eigenvalue weighted by atomic mass is 10.1. The highest BCUT2D eigenvalue weighted by atomic mass is 32.2. The van der Waals surface area contributed by atoms with Crippen molar-refractivity contribution in [2.24, 2.45) is 0 Å². The van der Waals surface area contributed by atoms with E-state index in [1.165, 1.54) is 25.3 Å². The van der Waals surface area contributed by atoms with Crippen LogP contribution in [-0.2, 0) is 19.1 Å². The van der Waals surface area contributed by atoms with Crippen molar-refractivity contribution in [3.05, 3.63) is 36.0 Å². The lowest BCUT2D eigenvalue weighted by molar-refractivity contribution is -0.168. The van der Waals surface area contributed by atoms with Crippen molar-refractivity contribution < 1.29 is 24.2 Å². The Bertz CT molecular complexity index is 1400. The highest BCUT2D eigenvalue weighted by molar-refractivity contribution is 8.03. The first-order valence-corrected chi connectivity index (χ1v) is 10.7. The second-order valence-corrected chi connectivity index (χ2v) is 8.30. The van der Waals surface area contributed by atoms with Gasteiger partial charge in [0, 0.05) is 0 Å². The summed E-state index contributed by atoms with van der Waals surface area (Å²) < 4.78 is 10.3. The van der Waals surface area contributed by atoms with Crippen molar-refractivity contribution >= 4 is 57.8 Å². The summed E-state index contributed by atoms with van der Waals surface area (Å²) in [5.41, 5.74) is -0.0836. The van der Waals surface area contributed by atoms with E-state index in [2.05, 4.69) is 39.9 Å². The van der Waals surface area contributed by atoms with E-state index in [0.29, 0.717) is 32.4 Å². The van der Waals surface area contributed by atoms with Crippen LogP contribution >= 0.6 is 23.5 Å². The number of aromatic amines is 2. The van der Waals surface area contributed by atoms with Gasteiger partial charge in [0.2, 0.25) is 5.76 Å². The Kier molecular flexibility index (Phi) is 4.90. The Hall–Kier alpha value is -3.72. The highest BCUT2D eigenvalue weighted by Gasteiger charge is 2.56. The van der Waals surface area contributed by atoms with Gasteiger partial charge >= 0.3 is 11.9 Å². The molecule has 3 N–H and O–H groups in total. The predicted octanol–water partition coefficient (Wildman–Crippen LogP) is 1.14. The maximum absolute atomic E-state index is 12.9. The molecule has 15 heteroatoms. The molecular formula is C17H12N8O5S2. The number of aliphatic hydroxyl groups is 1. The number of carbonyl (C=O) groups is 2. The first kappa shape index (κ1) is 20.2. The monoisotopic (exact) mass is 472 g/mol. The van der Waals surface area contributed by atoms with Crippen LogP contribution in [0.4, 0.5) is 0 Å². The number of carbonyl (C=O) groups excluding carboxylic acids is 2. The smallest absolute Gasteiger partial charge is 0.375 e. The minimum atomic E-state index is -1.93.